The van der Waals surface area contributed by atoms with Gasteiger partial charge < -0.3 is 5.32 Å². The molecule has 0 saturated carbocycles. The Hall–Kier alpha value is -1.22. The maximum absolute atomic E-state index is 12.1. The van der Waals surface area contributed by atoms with Crippen molar-refractivity contribution in [1.29, 1.82) is 0 Å². The summed E-state index contributed by atoms with van der Waals surface area (Å²) in [7, 11) is 0. The van der Waals surface area contributed by atoms with Gasteiger partial charge >= 0.3 is 0 Å². The van der Waals surface area contributed by atoms with Crippen LogP contribution in [0.5, 0.6) is 0 Å². The highest BCUT2D eigenvalue weighted by Gasteiger charge is 2.14. The van der Waals surface area contributed by atoms with Crippen molar-refractivity contribution < 1.29 is 4.79 Å². The molecule has 0 heterocycles. The Balaban J connectivity index is 1.79. The van der Waals surface area contributed by atoms with Crippen molar-refractivity contribution in [1.82, 2.24) is 5.32 Å². The van der Waals surface area contributed by atoms with Crippen LogP contribution < -0.4 is 5.32 Å². The Morgan fingerprint density at radius 1 is 1.30 bits per heavy atom. The highest BCUT2D eigenvalue weighted by atomic mass is 32.2. The van der Waals surface area contributed by atoms with Gasteiger partial charge in [-0.2, -0.15) is 0 Å². The van der Waals surface area contributed by atoms with Crippen LogP contribution in [-0.4, -0.2) is 17.7 Å². The molecule has 1 aliphatic rings. The van der Waals surface area contributed by atoms with Gasteiger partial charge in [0, 0.05) is 11.4 Å². The number of carbonyl (C=O) groups is 1. The maximum Gasteiger partial charge on any atom is 0.233 e. The molecule has 0 saturated heterocycles. The summed E-state index contributed by atoms with van der Waals surface area (Å²) in [5.41, 5.74) is 2.63. The minimum Gasteiger partial charge on any atom is -0.351 e. The van der Waals surface area contributed by atoms with Gasteiger partial charge in [-0.05, 0) is 51.7 Å². The van der Waals surface area contributed by atoms with Gasteiger partial charge in [-0.3, -0.25) is 4.79 Å². The van der Waals surface area contributed by atoms with E-state index in [9.17, 15) is 4.79 Å². The van der Waals surface area contributed by atoms with Crippen LogP contribution in [0.4, 0.5) is 0 Å². The molecule has 0 spiro atoms. The molecule has 1 amide bonds. The van der Waals surface area contributed by atoms with Crippen LogP contribution in [0.2, 0.25) is 0 Å². The van der Waals surface area contributed by atoms with Crippen LogP contribution in [0.1, 0.15) is 38.2 Å². The third kappa shape index (κ3) is 4.71. The molecule has 0 unspecified atom stereocenters. The molecule has 1 atom stereocenters. The fourth-order valence-corrected chi connectivity index (χ4v) is 3.18. The van der Waals surface area contributed by atoms with Crippen LogP contribution >= 0.6 is 11.8 Å². The molecule has 1 aromatic carbocycles. The maximum atomic E-state index is 12.1. The van der Waals surface area contributed by atoms with Crippen molar-refractivity contribution in [2.75, 3.05) is 6.54 Å². The third-order valence-electron chi connectivity index (χ3n) is 3.58. The average Bonchev–Trinajstić information content (AvgIpc) is 2.48. The highest BCUT2D eigenvalue weighted by molar-refractivity contribution is 8.00. The number of rotatable bonds is 5. The molecular formula is C17H23NOS. The van der Waals surface area contributed by atoms with E-state index in [-0.39, 0.29) is 11.2 Å². The predicted octanol–water partition coefficient (Wildman–Crippen LogP) is 4.09. The van der Waals surface area contributed by atoms with Crippen molar-refractivity contribution in [2.24, 2.45) is 0 Å². The molecule has 0 aliphatic heterocycles. The predicted molar refractivity (Wildman–Crippen MR) is 86.1 cm³/mol. The first-order chi connectivity index (χ1) is 9.65. The van der Waals surface area contributed by atoms with Gasteiger partial charge in [0.2, 0.25) is 5.91 Å². The van der Waals surface area contributed by atoms with Crippen molar-refractivity contribution in [2.45, 2.75) is 49.7 Å². The number of carbonyl (C=O) groups excluding carboxylic acids is 1. The smallest absolute Gasteiger partial charge is 0.233 e. The van der Waals surface area contributed by atoms with E-state index in [1.54, 1.807) is 11.8 Å². The minimum absolute atomic E-state index is 0.0538. The van der Waals surface area contributed by atoms with Crippen LogP contribution in [0.3, 0.4) is 0 Å². The zero-order valence-corrected chi connectivity index (χ0v) is 13.1. The zero-order chi connectivity index (χ0) is 14.4. The molecule has 1 N–H and O–H groups in total. The van der Waals surface area contributed by atoms with E-state index in [2.05, 4.69) is 42.6 Å². The van der Waals surface area contributed by atoms with Crippen LogP contribution in [-0.2, 0) is 4.79 Å². The van der Waals surface area contributed by atoms with Crippen LogP contribution in [0.15, 0.2) is 40.8 Å². The van der Waals surface area contributed by atoms with Crippen molar-refractivity contribution >= 4 is 17.7 Å². The molecule has 1 aromatic rings. The third-order valence-corrected chi connectivity index (χ3v) is 4.69. The summed E-state index contributed by atoms with van der Waals surface area (Å²) in [6.45, 7) is 4.76. The molecule has 2 rings (SSSR count). The monoisotopic (exact) mass is 289 g/mol. The number of hydrogen-bond donors (Lipinski definition) is 1. The number of amides is 1. The molecule has 0 aromatic heterocycles. The standard InChI is InChI=1S/C17H23NOS/c1-13-8-10-16(11-9-13)20-14(2)17(19)18-12-15-6-4-3-5-7-15/h6,8-11,14H,3-5,7,12H2,1-2H3,(H,18,19)/t14-/m0/s1. The first-order valence-electron chi connectivity index (χ1n) is 7.34. The number of nitrogens with one attached hydrogen (secondary N) is 1. The first kappa shape index (κ1) is 15.2. The molecule has 2 nitrogen and oxygen atoms in total. The topological polar surface area (TPSA) is 29.1 Å². The van der Waals surface area contributed by atoms with Gasteiger partial charge in [-0.15, -0.1) is 11.8 Å². The average molecular weight is 289 g/mol. The summed E-state index contributed by atoms with van der Waals surface area (Å²) in [6, 6.07) is 8.32. The zero-order valence-electron chi connectivity index (χ0n) is 12.3. The van der Waals surface area contributed by atoms with Gasteiger partial charge in [-0.1, -0.05) is 29.3 Å². The number of thioether (sulfide) groups is 1. The van der Waals surface area contributed by atoms with E-state index < -0.39 is 0 Å². The fourth-order valence-electron chi connectivity index (χ4n) is 2.28. The summed E-state index contributed by atoms with van der Waals surface area (Å²) in [5, 5.41) is 3.00. The molecule has 0 fully saturated rings. The van der Waals surface area contributed by atoms with Gasteiger partial charge in [-0.25, -0.2) is 0 Å². The quantitative estimate of drug-likeness (QED) is 0.653. The summed E-state index contributed by atoms with van der Waals surface area (Å²) in [5.74, 6) is 0.127. The lowest BCUT2D eigenvalue weighted by Crippen LogP contribution is -2.32. The van der Waals surface area contributed by atoms with E-state index in [4.69, 9.17) is 0 Å². The lowest BCUT2D eigenvalue weighted by Gasteiger charge is -2.16. The number of benzene rings is 1. The van der Waals surface area contributed by atoms with E-state index in [1.807, 2.05) is 6.92 Å². The summed E-state index contributed by atoms with van der Waals surface area (Å²) < 4.78 is 0. The normalized spacial score (nSPS) is 16.4. The first-order valence-corrected chi connectivity index (χ1v) is 8.22. The lowest BCUT2D eigenvalue weighted by molar-refractivity contribution is -0.120. The molecule has 108 valence electrons. The minimum atomic E-state index is -0.0538. The van der Waals surface area contributed by atoms with Gasteiger partial charge in [0.05, 0.1) is 5.25 Å². The van der Waals surface area contributed by atoms with Gasteiger partial charge in [0.25, 0.3) is 0 Å². The number of allylic oxidation sites excluding steroid dienone is 1. The van der Waals surface area contributed by atoms with Crippen molar-refractivity contribution in [3.8, 4) is 0 Å². The fraction of sp³-hybridized carbons (Fsp3) is 0.471. The van der Waals surface area contributed by atoms with Crippen molar-refractivity contribution in [3.05, 3.63) is 41.5 Å². The van der Waals surface area contributed by atoms with E-state index in [1.165, 1.54) is 30.4 Å². The second kappa shape index (κ2) is 7.53. The summed E-state index contributed by atoms with van der Waals surface area (Å²) in [4.78, 5) is 13.2. The largest absolute Gasteiger partial charge is 0.351 e. The second-order valence-electron chi connectivity index (χ2n) is 5.40. The van der Waals surface area contributed by atoms with Gasteiger partial charge in [0.1, 0.15) is 0 Å². The van der Waals surface area contributed by atoms with Crippen LogP contribution in [0.25, 0.3) is 0 Å². The van der Waals surface area contributed by atoms with E-state index in [0.717, 1.165) is 17.9 Å². The van der Waals surface area contributed by atoms with Gasteiger partial charge in [0.15, 0.2) is 0 Å². The Kier molecular flexibility index (Phi) is 5.72. The SMILES string of the molecule is Cc1ccc(S[C@@H](C)C(=O)NCC2=CCCCC2)cc1. The molecular weight excluding hydrogens is 266 g/mol. The second-order valence-corrected chi connectivity index (χ2v) is 6.81. The van der Waals surface area contributed by atoms with Crippen LogP contribution in [0, 0.1) is 6.92 Å². The lowest BCUT2D eigenvalue weighted by atomic mass is 10.00. The Morgan fingerprint density at radius 3 is 2.70 bits per heavy atom. The highest BCUT2D eigenvalue weighted by Crippen LogP contribution is 2.23. The molecule has 1 aliphatic carbocycles. The van der Waals surface area contributed by atoms with Crippen molar-refractivity contribution in [3.63, 3.8) is 0 Å². The summed E-state index contributed by atoms with van der Waals surface area (Å²) >= 11 is 1.62. The Labute approximate surface area is 126 Å². The molecule has 20 heavy (non-hydrogen) atoms. The number of hydrogen-bond acceptors (Lipinski definition) is 2. The molecule has 0 radical (unpaired) electrons. The molecule has 3 heteroatoms. The Bertz CT molecular complexity index is 478. The summed E-state index contributed by atoms with van der Waals surface area (Å²) in [6.07, 6.45) is 7.13. The number of aryl methyl sites for hydroxylation is 1. The molecule has 0 bridgehead atoms. The van der Waals surface area contributed by atoms with E-state index in [0.29, 0.717) is 0 Å². The Morgan fingerprint density at radius 2 is 2.05 bits per heavy atom. The van der Waals surface area contributed by atoms with E-state index >= 15 is 0 Å².